The third-order valence-corrected chi connectivity index (χ3v) is 2.33. The number of rotatable bonds is 4. The monoisotopic (exact) mass is 208 g/mol. The van der Waals surface area contributed by atoms with E-state index in [0.29, 0.717) is 25.1 Å². The normalized spacial score (nSPS) is 10.0. The molecule has 0 saturated heterocycles. The minimum absolute atomic E-state index is 0.229. The maximum absolute atomic E-state index is 11.0. The van der Waals surface area contributed by atoms with Crippen molar-refractivity contribution in [2.75, 3.05) is 12.8 Å². The number of methoxy groups -OCH3 is 1. The summed E-state index contributed by atoms with van der Waals surface area (Å²) >= 11 is 0. The summed E-state index contributed by atoms with van der Waals surface area (Å²) in [6.45, 7) is 0.415. The van der Waals surface area contributed by atoms with Gasteiger partial charge in [-0.05, 0) is 17.5 Å². The van der Waals surface area contributed by atoms with Crippen LogP contribution in [-0.2, 0) is 22.5 Å². The summed E-state index contributed by atoms with van der Waals surface area (Å²) in [7, 11) is 1.38. The van der Waals surface area contributed by atoms with E-state index in [4.69, 9.17) is 11.5 Å². The van der Waals surface area contributed by atoms with Crippen molar-refractivity contribution in [2.24, 2.45) is 5.73 Å². The number of nitrogens with two attached hydrogens (primary N) is 2. The van der Waals surface area contributed by atoms with Crippen LogP contribution in [0.5, 0.6) is 0 Å². The first-order chi connectivity index (χ1) is 7.19. The molecule has 0 aliphatic heterocycles. The standard InChI is InChI=1S/C11H16N2O2/c1-15-10(14)6-5-8-3-2-4-9(7-12)11(8)13/h2-4H,5-7,12-13H2,1H3. The highest BCUT2D eigenvalue weighted by atomic mass is 16.5. The summed E-state index contributed by atoms with van der Waals surface area (Å²) in [5.41, 5.74) is 14.0. The number of hydrogen-bond donors (Lipinski definition) is 2. The molecule has 0 fully saturated rings. The number of para-hydroxylation sites is 1. The van der Waals surface area contributed by atoms with Crippen molar-refractivity contribution in [3.8, 4) is 0 Å². The Morgan fingerprint density at radius 2 is 2.07 bits per heavy atom. The van der Waals surface area contributed by atoms with E-state index in [2.05, 4.69) is 4.74 Å². The molecule has 0 unspecified atom stereocenters. The van der Waals surface area contributed by atoms with Gasteiger partial charge >= 0.3 is 5.97 Å². The Balaban J connectivity index is 2.73. The highest BCUT2D eigenvalue weighted by Gasteiger charge is 2.06. The van der Waals surface area contributed by atoms with E-state index in [1.807, 2.05) is 18.2 Å². The second-order valence-electron chi connectivity index (χ2n) is 3.27. The largest absolute Gasteiger partial charge is 0.469 e. The maximum Gasteiger partial charge on any atom is 0.305 e. The van der Waals surface area contributed by atoms with Gasteiger partial charge in [-0.2, -0.15) is 0 Å². The van der Waals surface area contributed by atoms with Gasteiger partial charge in [-0.1, -0.05) is 18.2 Å². The molecule has 0 bridgehead atoms. The second-order valence-corrected chi connectivity index (χ2v) is 3.27. The van der Waals surface area contributed by atoms with Crippen molar-refractivity contribution in [3.05, 3.63) is 29.3 Å². The molecular weight excluding hydrogens is 192 g/mol. The van der Waals surface area contributed by atoms with E-state index < -0.39 is 0 Å². The number of aryl methyl sites for hydroxylation is 1. The number of hydrogen-bond acceptors (Lipinski definition) is 4. The molecule has 0 aliphatic rings. The van der Waals surface area contributed by atoms with Gasteiger partial charge in [-0.25, -0.2) is 0 Å². The Morgan fingerprint density at radius 1 is 1.40 bits per heavy atom. The fourth-order valence-electron chi connectivity index (χ4n) is 1.40. The summed E-state index contributed by atoms with van der Waals surface area (Å²) in [5.74, 6) is -0.229. The lowest BCUT2D eigenvalue weighted by Crippen LogP contribution is -2.07. The summed E-state index contributed by atoms with van der Waals surface area (Å²) in [6, 6.07) is 5.68. The smallest absolute Gasteiger partial charge is 0.305 e. The van der Waals surface area contributed by atoms with Gasteiger partial charge in [0, 0.05) is 18.7 Å². The van der Waals surface area contributed by atoms with Crippen LogP contribution in [0, 0.1) is 0 Å². The number of carbonyl (C=O) groups is 1. The van der Waals surface area contributed by atoms with Gasteiger partial charge in [0.25, 0.3) is 0 Å². The molecule has 0 saturated carbocycles. The summed E-state index contributed by atoms with van der Waals surface area (Å²) in [6.07, 6.45) is 0.932. The predicted octanol–water partition coefficient (Wildman–Crippen LogP) is 0.833. The molecule has 0 amide bonds. The van der Waals surface area contributed by atoms with Gasteiger partial charge in [0.05, 0.1) is 7.11 Å². The molecule has 4 nitrogen and oxygen atoms in total. The van der Waals surface area contributed by atoms with Crippen LogP contribution in [0.3, 0.4) is 0 Å². The third-order valence-electron chi connectivity index (χ3n) is 2.33. The molecular formula is C11H16N2O2. The van der Waals surface area contributed by atoms with Crippen LogP contribution in [0.1, 0.15) is 17.5 Å². The zero-order valence-corrected chi connectivity index (χ0v) is 8.82. The maximum atomic E-state index is 11.0. The molecule has 0 heterocycles. The Kier molecular flexibility index (Phi) is 4.12. The minimum atomic E-state index is -0.229. The summed E-state index contributed by atoms with van der Waals surface area (Å²) in [4.78, 5) is 11.0. The Labute approximate surface area is 89.2 Å². The molecule has 15 heavy (non-hydrogen) atoms. The van der Waals surface area contributed by atoms with Gasteiger partial charge < -0.3 is 16.2 Å². The number of esters is 1. The van der Waals surface area contributed by atoms with Crippen molar-refractivity contribution < 1.29 is 9.53 Å². The van der Waals surface area contributed by atoms with E-state index >= 15 is 0 Å². The van der Waals surface area contributed by atoms with Crippen LogP contribution in [0.15, 0.2) is 18.2 Å². The Morgan fingerprint density at radius 3 is 2.67 bits per heavy atom. The molecule has 4 heteroatoms. The lowest BCUT2D eigenvalue weighted by Gasteiger charge is -2.08. The van der Waals surface area contributed by atoms with Crippen molar-refractivity contribution in [1.82, 2.24) is 0 Å². The van der Waals surface area contributed by atoms with Gasteiger partial charge in [-0.3, -0.25) is 4.79 Å². The highest BCUT2D eigenvalue weighted by Crippen LogP contribution is 2.18. The fourth-order valence-corrected chi connectivity index (χ4v) is 1.40. The van der Waals surface area contributed by atoms with Crippen LogP contribution in [0.4, 0.5) is 5.69 Å². The zero-order valence-electron chi connectivity index (χ0n) is 8.82. The molecule has 1 aromatic carbocycles. The van der Waals surface area contributed by atoms with Gasteiger partial charge in [0.15, 0.2) is 0 Å². The SMILES string of the molecule is COC(=O)CCc1cccc(CN)c1N. The van der Waals surface area contributed by atoms with Crippen molar-refractivity contribution in [3.63, 3.8) is 0 Å². The fraction of sp³-hybridized carbons (Fsp3) is 0.364. The molecule has 0 aromatic heterocycles. The lowest BCUT2D eigenvalue weighted by molar-refractivity contribution is -0.140. The van der Waals surface area contributed by atoms with E-state index in [1.165, 1.54) is 7.11 Å². The van der Waals surface area contributed by atoms with Crippen molar-refractivity contribution in [2.45, 2.75) is 19.4 Å². The van der Waals surface area contributed by atoms with Crippen LogP contribution in [-0.4, -0.2) is 13.1 Å². The summed E-state index contributed by atoms with van der Waals surface area (Å²) < 4.78 is 4.56. The Bertz CT molecular complexity index is 350. The molecule has 82 valence electrons. The van der Waals surface area contributed by atoms with E-state index in [-0.39, 0.29) is 5.97 Å². The molecule has 0 atom stereocenters. The average molecular weight is 208 g/mol. The number of anilines is 1. The van der Waals surface area contributed by atoms with Crippen LogP contribution in [0.2, 0.25) is 0 Å². The van der Waals surface area contributed by atoms with Gasteiger partial charge in [0.1, 0.15) is 0 Å². The predicted molar refractivity (Wildman–Crippen MR) is 59.1 cm³/mol. The van der Waals surface area contributed by atoms with Crippen LogP contribution < -0.4 is 11.5 Å². The highest BCUT2D eigenvalue weighted by molar-refractivity contribution is 5.70. The first-order valence-electron chi connectivity index (χ1n) is 4.82. The Hall–Kier alpha value is -1.55. The van der Waals surface area contributed by atoms with E-state index in [9.17, 15) is 4.79 Å². The van der Waals surface area contributed by atoms with E-state index in [1.54, 1.807) is 0 Å². The van der Waals surface area contributed by atoms with Crippen molar-refractivity contribution >= 4 is 11.7 Å². The first kappa shape index (κ1) is 11.5. The molecule has 1 rings (SSSR count). The lowest BCUT2D eigenvalue weighted by atomic mass is 10.0. The third kappa shape index (κ3) is 2.95. The molecule has 1 aromatic rings. The minimum Gasteiger partial charge on any atom is -0.469 e. The summed E-state index contributed by atoms with van der Waals surface area (Å²) in [5, 5.41) is 0. The topological polar surface area (TPSA) is 78.3 Å². The molecule has 0 aliphatic carbocycles. The van der Waals surface area contributed by atoms with Crippen LogP contribution >= 0.6 is 0 Å². The molecule has 4 N–H and O–H groups in total. The number of ether oxygens (including phenoxy) is 1. The second kappa shape index (κ2) is 5.36. The molecule has 0 spiro atoms. The van der Waals surface area contributed by atoms with E-state index in [0.717, 1.165) is 11.1 Å². The zero-order chi connectivity index (χ0) is 11.3. The molecule has 0 radical (unpaired) electrons. The number of carbonyl (C=O) groups excluding carboxylic acids is 1. The quantitative estimate of drug-likeness (QED) is 0.567. The van der Waals surface area contributed by atoms with Gasteiger partial charge in [0.2, 0.25) is 0 Å². The average Bonchev–Trinajstić information content (AvgIpc) is 2.27. The number of benzene rings is 1. The van der Waals surface area contributed by atoms with Crippen molar-refractivity contribution in [1.29, 1.82) is 0 Å². The van der Waals surface area contributed by atoms with Crippen LogP contribution in [0.25, 0.3) is 0 Å². The number of nitrogen functional groups attached to an aromatic ring is 1. The first-order valence-corrected chi connectivity index (χ1v) is 4.82. The van der Waals surface area contributed by atoms with Gasteiger partial charge in [-0.15, -0.1) is 0 Å².